The van der Waals surface area contributed by atoms with Gasteiger partial charge in [-0.2, -0.15) is 0 Å². The van der Waals surface area contributed by atoms with E-state index >= 15 is 0 Å². The first-order chi connectivity index (χ1) is 16.1. The molecule has 2 aromatic carbocycles. The average Bonchev–Trinajstić information content (AvgIpc) is 3.17. The number of hydrogen-bond donors (Lipinski definition) is 2. The highest BCUT2D eigenvalue weighted by Crippen LogP contribution is 2.25. The van der Waals surface area contributed by atoms with Crippen LogP contribution < -0.4 is 11.1 Å². The van der Waals surface area contributed by atoms with E-state index in [-0.39, 0.29) is 22.5 Å². The number of nitrogens with zero attached hydrogens (tertiary/aromatic N) is 4. The number of imidazole rings is 1. The number of piperidine rings is 1. The molecule has 0 radical (unpaired) electrons. The molecule has 0 saturated carbocycles. The Morgan fingerprint density at radius 3 is 2.42 bits per heavy atom. The molecule has 0 bridgehead atoms. The van der Waals surface area contributed by atoms with Crippen molar-refractivity contribution in [1.82, 2.24) is 19.4 Å². The van der Waals surface area contributed by atoms with E-state index in [1.165, 1.54) is 10.8 Å². The van der Waals surface area contributed by atoms with Crippen LogP contribution >= 0.6 is 0 Å². The molecule has 1 fully saturated rings. The fourth-order valence-corrected chi connectivity index (χ4v) is 4.76. The first kappa shape index (κ1) is 29.2. The lowest BCUT2D eigenvalue weighted by molar-refractivity contribution is 0.194. The monoisotopic (exact) mass is 496 g/mol. The summed E-state index contributed by atoms with van der Waals surface area (Å²) in [5.74, 6) is 1.45. The third-order valence-corrected chi connectivity index (χ3v) is 6.96. The minimum Gasteiger partial charge on any atom is -0.412 e. The molecular formula is C27H40N6O3. The summed E-state index contributed by atoms with van der Waals surface area (Å²) >= 11 is 0. The van der Waals surface area contributed by atoms with Crippen molar-refractivity contribution in [3.05, 3.63) is 66.5 Å². The quantitative estimate of drug-likeness (QED) is 0.398. The van der Waals surface area contributed by atoms with Gasteiger partial charge >= 0.3 is 0 Å². The summed E-state index contributed by atoms with van der Waals surface area (Å²) in [7, 11) is 0. The molecule has 9 N–H and O–H groups in total. The predicted molar refractivity (Wildman–Crippen MR) is 147 cm³/mol. The average molecular weight is 497 g/mol. The zero-order chi connectivity index (χ0) is 22.8. The molecule has 9 nitrogen and oxygen atoms in total. The maximum Gasteiger partial charge on any atom is 0.204 e. The van der Waals surface area contributed by atoms with Gasteiger partial charge in [0.2, 0.25) is 5.95 Å². The van der Waals surface area contributed by atoms with Crippen LogP contribution in [-0.4, -0.2) is 67.6 Å². The lowest BCUT2D eigenvalue weighted by atomic mass is 10.0. The standard InChI is InChI=1S/C27H34N6.3H2O/c1-19(2)23(28)17-32-15-12-21(13-16-32)30-27-31-24-9-5-6-10-26(24)33(27)18-25-22-8-4-3-7-20(22)11-14-29-25;;;/h3-11,14,19,21,23H,12-13,15-18,28H2,1-2H3,(H,30,31);3*1H2. The molecule has 9 heteroatoms. The van der Waals surface area contributed by atoms with Crippen LogP contribution in [0.1, 0.15) is 32.4 Å². The highest BCUT2D eigenvalue weighted by molar-refractivity contribution is 5.85. The summed E-state index contributed by atoms with van der Waals surface area (Å²) < 4.78 is 2.28. The molecule has 196 valence electrons. The minimum absolute atomic E-state index is 0. The molecule has 0 spiro atoms. The number of nitrogens with one attached hydrogen (secondary N) is 1. The summed E-state index contributed by atoms with van der Waals surface area (Å²) in [6, 6.07) is 19.5. The van der Waals surface area contributed by atoms with Gasteiger partial charge in [-0.15, -0.1) is 0 Å². The first-order valence-corrected chi connectivity index (χ1v) is 12.1. The Morgan fingerprint density at radius 1 is 0.972 bits per heavy atom. The number of anilines is 1. The maximum absolute atomic E-state index is 6.30. The summed E-state index contributed by atoms with van der Waals surface area (Å²) in [5.41, 5.74) is 9.52. The van der Waals surface area contributed by atoms with Gasteiger partial charge in [-0.25, -0.2) is 4.98 Å². The highest BCUT2D eigenvalue weighted by atomic mass is 16.0. The van der Waals surface area contributed by atoms with Crippen molar-refractivity contribution >= 4 is 27.8 Å². The molecule has 1 unspecified atom stereocenters. The van der Waals surface area contributed by atoms with E-state index in [9.17, 15) is 0 Å². The van der Waals surface area contributed by atoms with Gasteiger partial charge in [0.1, 0.15) is 0 Å². The van der Waals surface area contributed by atoms with Crippen molar-refractivity contribution in [2.45, 2.75) is 45.3 Å². The van der Waals surface area contributed by atoms with E-state index in [4.69, 9.17) is 15.7 Å². The second-order valence-corrected chi connectivity index (χ2v) is 9.62. The number of likely N-dealkylation sites (tertiary alicyclic amines) is 1. The Morgan fingerprint density at radius 2 is 1.67 bits per heavy atom. The van der Waals surface area contributed by atoms with Crippen molar-refractivity contribution in [3.63, 3.8) is 0 Å². The van der Waals surface area contributed by atoms with Crippen LogP contribution in [-0.2, 0) is 6.54 Å². The smallest absolute Gasteiger partial charge is 0.204 e. The van der Waals surface area contributed by atoms with E-state index < -0.39 is 0 Å². The molecule has 5 rings (SSSR count). The Hall–Kier alpha value is -3.08. The molecule has 36 heavy (non-hydrogen) atoms. The summed E-state index contributed by atoms with van der Waals surface area (Å²) in [5, 5.41) is 6.18. The van der Waals surface area contributed by atoms with Crippen LogP contribution in [0.3, 0.4) is 0 Å². The van der Waals surface area contributed by atoms with Crippen molar-refractivity contribution in [1.29, 1.82) is 0 Å². The van der Waals surface area contributed by atoms with Crippen molar-refractivity contribution in [2.75, 3.05) is 25.0 Å². The van der Waals surface area contributed by atoms with Crippen LogP contribution in [0.5, 0.6) is 0 Å². The number of para-hydroxylation sites is 2. The third kappa shape index (κ3) is 6.18. The Labute approximate surface area is 212 Å². The van der Waals surface area contributed by atoms with Gasteiger partial charge in [0.15, 0.2) is 0 Å². The van der Waals surface area contributed by atoms with Gasteiger partial charge in [0, 0.05) is 43.3 Å². The van der Waals surface area contributed by atoms with Crippen molar-refractivity contribution in [2.24, 2.45) is 11.7 Å². The van der Waals surface area contributed by atoms with Crippen LogP contribution in [0.25, 0.3) is 21.8 Å². The second kappa shape index (κ2) is 12.8. The summed E-state index contributed by atoms with van der Waals surface area (Å²) in [6.45, 7) is 8.22. The van der Waals surface area contributed by atoms with Crippen LogP contribution in [0.4, 0.5) is 5.95 Å². The van der Waals surface area contributed by atoms with E-state index in [0.717, 1.165) is 55.2 Å². The fraction of sp³-hybridized carbons (Fsp3) is 0.407. The van der Waals surface area contributed by atoms with E-state index in [0.29, 0.717) is 18.5 Å². The molecule has 4 aromatic rings. The summed E-state index contributed by atoms with van der Waals surface area (Å²) in [4.78, 5) is 12.2. The largest absolute Gasteiger partial charge is 0.412 e. The molecule has 2 aromatic heterocycles. The number of aromatic nitrogens is 3. The van der Waals surface area contributed by atoms with Gasteiger partial charge in [-0.1, -0.05) is 50.2 Å². The van der Waals surface area contributed by atoms with Gasteiger partial charge in [0.25, 0.3) is 0 Å². The molecule has 0 amide bonds. The van der Waals surface area contributed by atoms with Crippen LogP contribution in [0, 0.1) is 5.92 Å². The van der Waals surface area contributed by atoms with Gasteiger partial charge in [-0.3, -0.25) is 4.98 Å². The van der Waals surface area contributed by atoms with Crippen molar-refractivity contribution in [3.8, 4) is 0 Å². The molecule has 1 aliphatic heterocycles. The molecular weight excluding hydrogens is 456 g/mol. The SMILES string of the molecule is CC(C)C(N)CN1CCC(Nc2nc3ccccc3n2Cc2nccc3ccccc23)CC1.O.O.O. The van der Waals surface area contributed by atoms with Gasteiger partial charge < -0.3 is 36.9 Å². The normalized spacial score (nSPS) is 15.2. The maximum atomic E-state index is 6.30. The predicted octanol–water partition coefficient (Wildman–Crippen LogP) is 2.02. The summed E-state index contributed by atoms with van der Waals surface area (Å²) in [6.07, 6.45) is 4.10. The molecule has 0 aliphatic carbocycles. The number of fused-ring (bicyclic) bond motifs is 2. The Kier molecular flexibility index (Phi) is 10.3. The minimum atomic E-state index is 0. The number of rotatable bonds is 7. The molecule has 3 heterocycles. The number of pyridine rings is 1. The number of nitrogens with two attached hydrogens (primary N) is 1. The first-order valence-electron chi connectivity index (χ1n) is 12.1. The van der Waals surface area contributed by atoms with Gasteiger partial charge in [-0.05, 0) is 42.3 Å². The zero-order valence-electron chi connectivity index (χ0n) is 21.1. The Balaban J connectivity index is 0.00000152. The van der Waals surface area contributed by atoms with Crippen LogP contribution in [0.2, 0.25) is 0 Å². The molecule has 1 aliphatic rings. The van der Waals surface area contributed by atoms with E-state index in [2.05, 4.69) is 83.2 Å². The number of benzene rings is 2. The lowest BCUT2D eigenvalue weighted by Crippen LogP contribution is -2.46. The third-order valence-electron chi connectivity index (χ3n) is 6.96. The van der Waals surface area contributed by atoms with Crippen molar-refractivity contribution < 1.29 is 16.4 Å². The second-order valence-electron chi connectivity index (χ2n) is 9.62. The Bertz CT molecular complexity index is 1230. The fourth-order valence-electron chi connectivity index (χ4n) is 4.76. The number of hydrogen-bond acceptors (Lipinski definition) is 5. The highest BCUT2D eigenvalue weighted by Gasteiger charge is 2.23. The van der Waals surface area contributed by atoms with Crippen LogP contribution in [0.15, 0.2) is 60.8 Å². The molecule has 1 atom stereocenters. The topological polar surface area (TPSA) is 166 Å². The van der Waals surface area contributed by atoms with Gasteiger partial charge in [0.05, 0.1) is 23.3 Å². The molecule has 1 saturated heterocycles. The van der Waals surface area contributed by atoms with E-state index in [1.54, 1.807) is 0 Å². The zero-order valence-corrected chi connectivity index (χ0v) is 21.1. The lowest BCUT2D eigenvalue weighted by Gasteiger charge is -2.34. The van der Waals surface area contributed by atoms with E-state index in [1.807, 2.05) is 6.20 Å².